The molecule has 0 saturated carbocycles. The number of nitrogens with zero attached hydrogens (tertiary/aromatic N) is 2. The highest BCUT2D eigenvalue weighted by molar-refractivity contribution is 7.92. The summed E-state index contributed by atoms with van der Waals surface area (Å²) in [4.78, 5) is 15.1. The largest absolute Gasteiger partial charge is 0.494 e. The molecule has 0 unspecified atom stereocenters. The molecule has 1 fully saturated rings. The maximum Gasteiger partial charge on any atom is 0.264 e. The third kappa shape index (κ3) is 6.12. The molecule has 1 saturated heterocycles. The summed E-state index contributed by atoms with van der Waals surface area (Å²) in [5.74, 6) is 0.957. The van der Waals surface area contributed by atoms with Crippen molar-refractivity contribution in [3.8, 4) is 17.2 Å². The van der Waals surface area contributed by atoms with Gasteiger partial charge < -0.3 is 24.4 Å². The molecule has 0 aliphatic carbocycles. The molecule has 1 N–H and O–H groups in total. The topological polar surface area (TPSA) is 97.4 Å². The van der Waals surface area contributed by atoms with Crippen molar-refractivity contribution in [2.75, 3.05) is 51.8 Å². The minimum atomic E-state index is -4.09. The second kappa shape index (κ2) is 11.4. The van der Waals surface area contributed by atoms with Crippen LogP contribution < -0.4 is 23.8 Å². The molecule has 186 valence electrons. The van der Waals surface area contributed by atoms with Gasteiger partial charge in [-0.1, -0.05) is 0 Å². The Balaban J connectivity index is 1.91. The molecule has 1 heterocycles. The van der Waals surface area contributed by atoms with Crippen LogP contribution in [0.15, 0.2) is 47.4 Å². The van der Waals surface area contributed by atoms with Gasteiger partial charge >= 0.3 is 0 Å². The van der Waals surface area contributed by atoms with E-state index in [2.05, 4.69) is 10.2 Å². The minimum absolute atomic E-state index is 0.00822. The van der Waals surface area contributed by atoms with E-state index in [4.69, 9.17) is 14.2 Å². The number of piperidine rings is 1. The summed E-state index contributed by atoms with van der Waals surface area (Å²) in [6.07, 6.45) is 1.65. The van der Waals surface area contributed by atoms with Crippen molar-refractivity contribution in [1.82, 2.24) is 10.2 Å². The van der Waals surface area contributed by atoms with Gasteiger partial charge in [0.2, 0.25) is 5.91 Å². The fourth-order valence-electron chi connectivity index (χ4n) is 3.85. The highest BCUT2D eigenvalue weighted by atomic mass is 32.2. The average molecular weight is 492 g/mol. The van der Waals surface area contributed by atoms with E-state index >= 15 is 0 Å². The van der Waals surface area contributed by atoms with Crippen LogP contribution in [0.1, 0.15) is 19.8 Å². The van der Waals surface area contributed by atoms with E-state index in [1.54, 1.807) is 24.3 Å². The van der Waals surface area contributed by atoms with Gasteiger partial charge in [-0.3, -0.25) is 9.10 Å². The molecule has 0 atom stereocenters. The Morgan fingerprint density at radius 3 is 2.29 bits per heavy atom. The molecule has 34 heavy (non-hydrogen) atoms. The molecule has 9 nitrogen and oxygen atoms in total. The number of carbonyl (C=O) groups is 1. The van der Waals surface area contributed by atoms with E-state index in [0.717, 1.165) is 30.2 Å². The van der Waals surface area contributed by atoms with E-state index in [-0.39, 0.29) is 29.1 Å². The molecule has 1 aliphatic rings. The van der Waals surface area contributed by atoms with Gasteiger partial charge in [0.05, 0.1) is 31.4 Å². The average Bonchev–Trinajstić information content (AvgIpc) is 2.84. The Hall–Kier alpha value is -2.98. The number of anilines is 1. The summed E-state index contributed by atoms with van der Waals surface area (Å²) < 4.78 is 44.5. The summed E-state index contributed by atoms with van der Waals surface area (Å²) in [5, 5.41) is 2.99. The zero-order chi connectivity index (χ0) is 24.7. The van der Waals surface area contributed by atoms with Crippen molar-refractivity contribution in [2.45, 2.75) is 30.7 Å². The highest BCUT2D eigenvalue weighted by Gasteiger charge is 2.29. The summed E-state index contributed by atoms with van der Waals surface area (Å²) in [7, 11) is 0.865. The van der Waals surface area contributed by atoms with Gasteiger partial charge in [-0.25, -0.2) is 8.42 Å². The Kier molecular flexibility index (Phi) is 8.62. The van der Waals surface area contributed by atoms with Gasteiger partial charge in [0.15, 0.2) is 11.5 Å². The van der Waals surface area contributed by atoms with Crippen molar-refractivity contribution in [3.63, 3.8) is 0 Å². The van der Waals surface area contributed by atoms with Gasteiger partial charge in [-0.05, 0) is 76.3 Å². The quantitative estimate of drug-likeness (QED) is 0.545. The van der Waals surface area contributed by atoms with E-state index in [1.165, 1.54) is 32.4 Å². The van der Waals surface area contributed by atoms with E-state index < -0.39 is 10.0 Å². The molecule has 1 aliphatic heterocycles. The van der Waals surface area contributed by atoms with E-state index in [9.17, 15) is 13.2 Å². The molecule has 0 aromatic heterocycles. The molecule has 3 rings (SSSR count). The molecular weight excluding hydrogens is 458 g/mol. The normalized spacial score (nSPS) is 14.9. The van der Waals surface area contributed by atoms with Crippen LogP contribution in [0.5, 0.6) is 17.2 Å². The highest BCUT2D eigenvalue weighted by Crippen LogP contribution is 2.32. The van der Waals surface area contributed by atoms with E-state index in [1.807, 2.05) is 14.0 Å². The summed E-state index contributed by atoms with van der Waals surface area (Å²) in [5.41, 5.74) is 0.358. The maximum absolute atomic E-state index is 13.7. The smallest absolute Gasteiger partial charge is 0.264 e. The number of carbonyl (C=O) groups excluding carboxylic acids is 1. The van der Waals surface area contributed by atoms with Crippen LogP contribution in [-0.4, -0.2) is 72.8 Å². The van der Waals surface area contributed by atoms with Gasteiger partial charge in [-0.2, -0.15) is 0 Å². The van der Waals surface area contributed by atoms with Crippen LogP contribution in [-0.2, 0) is 14.8 Å². The van der Waals surface area contributed by atoms with Crippen molar-refractivity contribution >= 4 is 21.6 Å². The molecule has 0 radical (unpaired) electrons. The van der Waals surface area contributed by atoms with Crippen molar-refractivity contribution in [1.29, 1.82) is 0 Å². The fraction of sp³-hybridized carbons (Fsp3) is 0.458. The third-order valence-corrected chi connectivity index (χ3v) is 7.52. The first kappa shape index (κ1) is 25.6. The van der Waals surface area contributed by atoms with Crippen LogP contribution in [0.3, 0.4) is 0 Å². The Bertz CT molecular complexity index is 1070. The lowest BCUT2D eigenvalue weighted by Crippen LogP contribution is -2.47. The summed E-state index contributed by atoms with van der Waals surface area (Å²) >= 11 is 0. The Morgan fingerprint density at radius 1 is 1.06 bits per heavy atom. The Morgan fingerprint density at radius 2 is 1.71 bits per heavy atom. The van der Waals surface area contributed by atoms with Crippen molar-refractivity contribution in [2.24, 2.45) is 0 Å². The summed E-state index contributed by atoms with van der Waals surface area (Å²) in [6, 6.07) is 11.0. The van der Waals surface area contributed by atoms with Crippen LogP contribution in [0.2, 0.25) is 0 Å². The lowest BCUT2D eigenvalue weighted by molar-refractivity contribution is -0.120. The number of hydrogen-bond donors (Lipinski definition) is 1. The first-order valence-corrected chi connectivity index (χ1v) is 12.7. The van der Waals surface area contributed by atoms with Crippen molar-refractivity contribution < 1.29 is 27.4 Å². The molecule has 1 amide bonds. The number of sulfonamides is 1. The van der Waals surface area contributed by atoms with Gasteiger partial charge in [0, 0.05) is 12.1 Å². The molecule has 2 aromatic rings. The SMILES string of the molecule is CCOc1ccc(N(CC(=O)NC2CCN(C)CC2)S(=O)(=O)c2ccc(OC)c(OC)c2)cc1. The Labute approximate surface area is 201 Å². The molecule has 10 heteroatoms. The number of nitrogens with one attached hydrogen (secondary N) is 1. The lowest BCUT2D eigenvalue weighted by Gasteiger charge is -2.30. The van der Waals surface area contributed by atoms with Crippen LogP contribution in [0.4, 0.5) is 5.69 Å². The fourth-order valence-corrected chi connectivity index (χ4v) is 5.29. The molecule has 0 bridgehead atoms. The predicted molar refractivity (Wildman–Crippen MR) is 130 cm³/mol. The van der Waals surface area contributed by atoms with Crippen LogP contribution >= 0.6 is 0 Å². The number of hydrogen-bond acceptors (Lipinski definition) is 7. The number of likely N-dealkylation sites (tertiary alicyclic amines) is 1. The molecular formula is C24H33N3O6S. The number of benzene rings is 2. The zero-order valence-corrected chi connectivity index (χ0v) is 20.9. The number of methoxy groups -OCH3 is 2. The number of rotatable bonds is 10. The second-order valence-corrected chi connectivity index (χ2v) is 9.96. The molecule has 2 aromatic carbocycles. The van der Waals surface area contributed by atoms with Gasteiger partial charge in [0.25, 0.3) is 10.0 Å². The van der Waals surface area contributed by atoms with Gasteiger partial charge in [-0.15, -0.1) is 0 Å². The number of ether oxygens (including phenoxy) is 3. The standard InChI is InChI=1S/C24H33N3O6S/c1-5-33-20-8-6-19(7-9-20)27(17-24(28)25-18-12-14-26(2)15-13-18)34(29,30)21-10-11-22(31-3)23(16-21)32-4/h6-11,16,18H,5,12-15,17H2,1-4H3,(H,25,28). The van der Waals surface area contributed by atoms with Gasteiger partial charge in [0.1, 0.15) is 12.3 Å². The maximum atomic E-state index is 13.7. The second-order valence-electron chi connectivity index (χ2n) is 8.10. The lowest BCUT2D eigenvalue weighted by atomic mass is 10.1. The minimum Gasteiger partial charge on any atom is -0.494 e. The third-order valence-electron chi connectivity index (χ3n) is 5.75. The number of amides is 1. The van der Waals surface area contributed by atoms with E-state index in [0.29, 0.717) is 23.8 Å². The zero-order valence-electron chi connectivity index (χ0n) is 20.1. The van der Waals surface area contributed by atoms with Crippen LogP contribution in [0.25, 0.3) is 0 Å². The van der Waals surface area contributed by atoms with Crippen molar-refractivity contribution in [3.05, 3.63) is 42.5 Å². The van der Waals surface area contributed by atoms with Crippen LogP contribution in [0, 0.1) is 0 Å². The monoisotopic (exact) mass is 491 g/mol. The predicted octanol–water partition coefficient (Wildman–Crippen LogP) is 2.51. The first-order chi connectivity index (χ1) is 16.3. The molecule has 0 spiro atoms. The first-order valence-electron chi connectivity index (χ1n) is 11.2. The summed E-state index contributed by atoms with van der Waals surface area (Å²) in [6.45, 7) is 3.78.